The van der Waals surface area contributed by atoms with Crippen LogP contribution in [0.4, 0.5) is 4.39 Å². The summed E-state index contributed by atoms with van der Waals surface area (Å²) in [5.74, 6) is 0.0756. The molecular weight excluding hydrogens is 365 g/mol. The predicted molar refractivity (Wildman–Crippen MR) is 99.7 cm³/mol. The third-order valence-electron chi connectivity index (χ3n) is 6.20. The van der Waals surface area contributed by atoms with Gasteiger partial charge in [-0.25, -0.2) is 9.38 Å². The summed E-state index contributed by atoms with van der Waals surface area (Å²) in [6.07, 6.45) is 4.41. The van der Waals surface area contributed by atoms with Crippen LogP contribution in [0.3, 0.4) is 0 Å². The molecule has 0 bridgehead atoms. The normalized spacial score (nSPS) is 32.9. The van der Waals surface area contributed by atoms with Crippen molar-refractivity contribution < 1.29 is 23.5 Å². The summed E-state index contributed by atoms with van der Waals surface area (Å²) < 4.78 is 26.0. The summed E-state index contributed by atoms with van der Waals surface area (Å²) in [7, 11) is 0. The van der Waals surface area contributed by atoms with Crippen LogP contribution in [-0.4, -0.2) is 42.6 Å². The molecule has 0 aromatic rings. The average molecular weight is 391 g/mol. The first-order chi connectivity index (χ1) is 13.3. The Morgan fingerprint density at radius 2 is 2.18 bits per heavy atom. The van der Waals surface area contributed by atoms with E-state index in [0.717, 1.165) is 0 Å². The summed E-state index contributed by atoms with van der Waals surface area (Å²) >= 11 is 0. The van der Waals surface area contributed by atoms with Crippen LogP contribution < -0.4 is 11.1 Å². The van der Waals surface area contributed by atoms with E-state index in [1.54, 1.807) is 6.20 Å². The number of rotatable bonds is 5. The number of ether oxygens (including phenoxy) is 2. The average Bonchev–Trinajstić information content (AvgIpc) is 3.40. The molecule has 3 N–H and O–H groups in total. The van der Waals surface area contributed by atoms with Gasteiger partial charge in [0.2, 0.25) is 5.91 Å². The van der Waals surface area contributed by atoms with Gasteiger partial charge in [0.25, 0.3) is 5.91 Å². The van der Waals surface area contributed by atoms with E-state index in [1.165, 1.54) is 0 Å². The molecule has 4 aliphatic rings. The predicted octanol–water partition coefficient (Wildman–Crippen LogP) is 1.74. The highest BCUT2D eigenvalue weighted by Crippen LogP contribution is 2.56. The zero-order chi connectivity index (χ0) is 20.1. The number of carbonyl (C=O) groups is 2. The molecule has 2 fully saturated rings. The molecule has 7 nitrogen and oxygen atoms in total. The first kappa shape index (κ1) is 19.0. The van der Waals surface area contributed by atoms with E-state index in [1.807, 2.05) is 19.9 Å². The Kier molecular flexibility index (Phi) is 4.67. The number of hydrogen-bond acceptors (Lipinski definition) is 5. The molecule has 2 aliphatic carbocycles. The molecule has 1 saturated heterocycles. The van der Waals surface area contributed by atoms with E-state index in [2.05, 4.69) is 10.3 Å². The molecule has 8 heteroatoms. The molecule has 28 heavy (non-hydrogen) atoms. The number of fused-ring (bicyclic) bond motifs is 1. The van der Waals surface area contributed by atoms with Crippen LogP contribution in [0.25, 0.3) is 0 Å². The molecule has 2 unspecified atom stereocenters. The maximum Gasteiger partial charge on any atom is 0.255 e. The fourth-order valence-corrected chi connectivity index (χ4v) is 4.50. The molecule has 0 aromatic heterocycles. The van der Waals surface area contributed by atoms with Crippen molar-refractivity contribution in [1.82, 2.24) is 5.32 Å². The fraction of sp³-hybridized carbons (Fsp3) is 0.650. The van der Waals surface area contributed by atoms with Gasteiger partial charge in [-0.05, 0) is 39.0 Å². The van der Waals surface area contributed by atoms with Crippen molar-refractivity contribution in [2.45, 2.75) is 57.8 Å². The number of nitrogens with one attached hydrogen (secondary N) is 1. The maximum atomic E-state index is 14.2. The third kappa shape index (κ3) is 3.18. The molecule has 152 valence electrons. The number of primary amides is 1. The molecule has 1 spiro atoms. The monoisotopic (exact) mass is 391 g/mol. The Labute approximate surface area is 163 Å². The zero-order valence-electron chi connectivity index (χ0n) is 16.1. The summed E-state index contributed by atoms with van der Waals surface area (Å²) in [4.78, 5) is 28.0. The summed E-state index contributed by atoms with van der Waals surface area (Å²) in [5, 5.41) is 2.72. The maximum absolute atomic E-state index is 14.2. The zero-order valence-corrected chi connectivity index (χ0v) is 16.1. The van der Waals surface area contributed by atoms with E-state index in [4.69, 9.17) is 15.2 Å². The van der Waals surface area contributed by atoms with Crippen LogP contribution >= 0.6 is 0 Å². The van der Waals surface area contributed by atoms with Gasteiger partial charge in [0.1, 0.15) is 12.4 Å². The van der Waals surface area contributed by atoms with Crippen molar-refractivity contribution in [3.05, 3.63) is 23.6 Å². The first-order valence-corrected chi connectivity index (χ1v) is 9.82. The van der Waals surface area contributed by atoms with Gasteiger partial charge in [-0.2, -0.15) is 0 Å². The van der Waals surface area contributed by atoms with Crippen LogP contribution in [0, 0.1) is 17.3 Å². The minimum Gasteiger partial charge on any atom is -0.495 e. The van der Waals surface area contributed by atoms with Gasteiger partial charge in [0.15, 0.2) is 12.1 Å². The quantitative estimate of drug-likeness (QED) is 0.745. The molecule has 4 rings (SSSR count). The van der Waals surface area contributed by atoms with E-state index >= 15 is 0 Å². The van der Waals surface area contributed by atoms with Gasteiger partial charge in [-0.15, -0.1) is 0 Å². The molecule has 4 atom stereocenters. The SMILES string of the molecule is CC(C)OC1=C(C(N)=O)CC2C=CN=C(OC[C@@H]3NC(=O)[C@@H](F)C34CC4)C2C1. The fourth-order valence-electron chi connectivity index (χ4n) is 4.50. The Bertz CT molecular complexity index is 784. The van der Waals surface area contributed by atoms with Crippen molar-refractivity contribution in [2.24, 2.45) is 28.0 Å². The Morgan fingerprint density at radius 3 is 2.82 bits per heavy atom. The van der Waals surface area contributed by atoms with Gasteiger partial charge < -0.3 is 20.5 Å². The van der Waals surface area contributed by atoms with Crippen LogP contribution in [-0.2, 0) is 19.1 Å². The van der Waals surface area contributed by atoms with Crippen molar-refractivity contribution in [1.29, 1.82) is 0 Å². The number of nitrogens with zero attached hydrogens (tertiary/aromatic N) is 1. The number of aliphatic imine (C=N–C) groups is 1. The van der Waals surface area contributed by atoms with Crippen LogP contribution in [0.2, 0.25) is 0 Å². The minimum atomic E-state index is -1.45. The van der Waals surface area contributed by atoms with Crippen LogP contribution in [0.1, 0.15) is 39.5 Å². The highest BCUT2D eigenvalue weighted by molar-refractivity contribution is 5.93. The molecule has 2 heterocycles. The first-order valence-electron chi connectivity index (χ1n) is 9.82. The summed E-state index contributed by atoms with van der Waals surface area (Å²) in [5.41, 5.74) is 5.46. The second-order valence-corrected chi connectivity index (χ2v) is 8.39. The smallest absolute Gasteiger partial charge is 0.255 e. The molecule has 0 radical (unpaired) electrons. The van der Waals surface area contributed by atoms with E-state index in [0.29, 0.717) is 42.9 Å². The topological polar surface area (TPSA) is 103 Å². The van der Waals surface area contributed by atoms with E-state index < -0.39 is 23.4 Å². The van der Waals surface area contributed by atoms with Crippen LogP contribution in [0.15, 0.2) is 28.6 Å². The lowest BCUT2D eigenvalue weighted by Gasteiger charge is -2.35. The highest BCUT2D eigenvalue weighted by Gasteiger charge is 2.63. The number of nitrogens with two attached hydrogens (primary N) is 1. The molecule has 2 amide bonds. The molecular formula is C20H26FN3O4. The number of halogens is 1. The Morgan fingerprint density at radius 1 is 1.43 bits per heavy atom. The van der Waals surface area contributed by atoms with E-state index in [9.17, 15) is 14.0 Å². The second-order valence-electron chi connectivity index (χ2n) is 8.39. The number of carbonyl (C=O) groups excluding carboxylic acids is 2. The standard InChI is InChI=1S/C20H26FN3O4/c1-10(2)28-14-8-12-11(7-13(14)17(22)25)3-6-23-19(12)27-9-15-20(4-5-20)16(21)18(26)24-15/h3,6,10-12,15-16H,4-5,7-9H2,1-2H3,(H2,22,25)(H,24,26)/t11?,12?,15-,16+/m0/s1. The lowest BCUT2D eigenvalue weighted by atomic mass is 9.77. The molecule has 2 aliphatic heterocycles. The van der Waals surface area contributed by atoms with Gasteiger partial charge in [0.05, 0.1) is 17.7 Å². The van der Waals surface area contributed by atoms with Gasteiger partial charge >= 0.3 is 0 Å². The molecule has 0 aromatic carbocycles. The van der Waals surface area contributed by atoms with Gasteiger partial charge in [-0.1, -0.05) is 6.08 Å². The minimum absolute atomic E-state index is 0.0384. The van der Waals surface area contributed by atoms with Crippen molar-refractivity contribution >= 4 is 17.7 Å². The largest absolute Gasteiger partial charge is 0.495 e. The lowest BCUT2D eigenvalue weighted by Crippen LogP contribution is -2.39. The number of alkyl halides is 1. The number of allylic oxidation sites excluding steroid dienone is 2. The summed E-state index contributed by atoms with van der Waals surface area (Å²) in [6, 6.07) is -0.339. The van der Waals surface area contributed by atoms with Crippen molar-refractivity contribution in [2.75, 3.05) is 6.61 Å². The highest BCUT2D eigenvalue weighted by atomic mass is 19.1. The Balaban J connectivity index is 1.48. The second kappa shape index (κ2) is 6.90. The third-order valence-corrected chi connectivity index (χ3v) is 6.20. The van der Waals surface area contributed by atoms with Crippen molar-refractivity contribution in [3.8, 4) is 0 Å². The molecule has 1 saturated carbocycles. The van der Waals surface area contributed by atoms with E-state index in [-0.39, 0.29) is 30.6 Å². The van der Waals surface area contributed by atoms with Gasteiger partial charge in [0, 0.05) is 24.0 Å². The van der Waals surface area contributed by atoms with Crippen molar-refractivity contribution in [3.63, 3.8) is 0 Å². The summed E-state index contributed by atoms with van der Waals surface area (Å²) in [6.45, 7) is 3.99. The Hall–Kier alpha value is -2.38. The number of amides is 2. The van der Waals surface area contributed by atoms with Crippen LogP contribution in [0.5, 0.6) is 0 Å². The number of hydrogen-bond donors (Lipinski definition) is 2. The van der Waals surface area contributed by atoms with Gasteiger partial charge in [-0.3, -0.25) is 9.59 Å². The lowest BCUT2D eigenvalue weighted by molar-refractivity contribution is -0.124.